The fourth-order valence-corrected chi connectivity index (χ4v) is 3.76. The average Bonchev–Trinajstić information content (AvgIpc) is 3.17. The Morgan fingerprint density at radius 2 is 1.89 bits per heavy atom. The Labute approximate surface area is 201 Å². The molecule has 1 aliphatic rings. The third-order valence-electron chi connectivity index (χ3n) is 5.54. The van der Waals surface area contributed by atoms with Gasteiger partial charge in [0, 0.05) is 12.2 Å². The number of aryl methyl sites for hydroxylation is 1. The molecule has 35 heavy (non-hydrogen) atoms. The standard InChI is InChI=1S/C24H30F3NO7/c1-3-11-31-21(23(29)30)14-33-19-6-4-5-18(12-19)32-13-20-15(2)34-22(28-20)16-7-9-17(10-8-16)35-24(25,26)27/h7-10,18-19,21H,3-6,11-14H2,1-2H3,(H,29,30). The molecule has 194 valence electrons. The van der Waals surface area contributed by atoms with E-state index in [4.69, 9.17) is 18.6 Å². The summed E-state index contributed by atoms with van der Waals surface area (Å²) in [6, 6.07) is 5.27. The van der Waals surface area contributed by atoms with Crippen molar-refractivity contribution >= 4 is 5.97 Å². The molecule has 0 saturated heterocycles. The van der Waals surface area contributed by atoms with Crippen LogP contribution in [-0.2, 0) is 25.6 Å². The van der Waals surface area contributed by atoms with Crippen molar-refractivity contribution in [3.8, 4) is 17.2 Å². The van der Waals surface area contributed by atoms with Gasteiger partial charge in [-0.25, -0.2) is 9.78 Å². The maximum atomic E-state index is 12.3. The van der Waals surface area contributed by atoms with Gasteiger partial charge in [0.2, 0.25) is 5.89 Å². The molecular weight excluding hydrogens is 471 g/mol. The first-order valence-corrected chi connectivity index (χ1v) is 11.5. The Bertz CT molecular complexity index is 946. The van der Waals surface area contributed by atoms with E-state index >= 15 is 0 Å². The second-order valence-corrected chi connectivity index (χ2v) is 8.35. The van der Waals surface area contributed by atoms with E-state index in [2.05, 4.69) is 9.72 Å². The number of hydrogen-bond donors (Lipinski definition) is 1. The molecule has 11 heteroatoms. The van der Waals surface area contributed by atoms with Crippen LogP contribution in [0.2, 0.25) is 0 Å². The second-order valence-electron chi connectivity index (χ2n) is 8.35. The maximum Gasteiger partial charge on any atom is 0.573 e. The molecule has 1 aromatic carbocycles. The van der Waals surface area contributed by atoms with Crippen LogP contribution in [0, 0.1) is 6.92 Å². The zero-order chi connectivity index (χ0) is 25.4. The summed E-state index contributed by atoms with van der Waals surface area (Å²) in [5.74, 6) is -0.538. The van der Waals surface area contributed by atoms with Crippen molar-refractivity contribution in [3.63, 3.8) is 0 Å². The quantitative estimate of drug-likeness (QED) is 0.420. The van der Waals surface area contributed by atoms with E-state index in [1.165, 1.54) is 24.3 Å². The number of halogens is 3. The van der Waals surface area contributed by atoms with Crippen LogP contribution in [0.4, 0.5) is 13.2 Å². The fraction of sp³-hybridized carbons (Fsp3) is 0.583. The predicted octanol–water partition coefficient (Wildman–Crippen LogP) is 5.27. The summed E-state index contributed by atoms with van der Waals surface area (Å²) in [4.78, 5) is 15.7. The Balaban J connectivity index is 1.51. The zero-order valence-electron chi connectivity index (χ0n) is 19.7. The number of benzene rings is 1. The molecule has 0 bridgehead atoms. The summed E-state index contributed by atoms with van der Waals surface area (Å²) in [6.45, 7) is 4.21. The number of rotatable bonds is 12. The van der Waals surface area contributed by atoms with E-state index in [1.54, 1.807) is 6.92 Å². The van der Waals surface area contributed by atoms with Crippen LogP contribution in [0.25, 0.3) is 11.5 Å². The van der Waals surface area contributed by atoms with Gasteiger partial charge in [0.1, 0.15) is 17.2 Å². The highest BCUT2D eigenvalue weighted by atomic mass is 19.4. The number of carboxylic acid groups (broad SMARTS) is 1. The lowest BCUT2D eigenvalue weighted by molar-refractivity contribution is -0.274. The molecule has 1 aromatic heterocycles. The minimum atomic E-state index is -4.75. The van der Waals surface area contributed by atoms with Gasteiger partial charge in [0.05, 0.1) is 25.4 Å². The van der Waals surface area contributed by atoms with Crippen molar-refractivity contribution in [1.82, 2.24) is 4.98 Å². The molecule has 3 rings (SSSR count). The molecule has 1 heterocycles. The molecule has 1 aliphatic carbocycles. The van der Waals surface area contributed by atoms with Crippen molar-refractivity contribution in [2.75, 3.05) is 13.2 Å². The van der Waals surface area contributed by atoms with E-state index in [0.717, 1.165) is 25.7 Å². The molecule has 1 saturated carbocycles. The number of aromatic nitrogens is 1. The lowest BCUT2D eigenvalue weighted by Gasteiger charge is -2.29. The van der Waals surface area contributed by atoms with Crippen LogP contribution < -0.4 is 4.74 Å². The van der Waals surface area contributed by atoms with Gasteiger partial charge in [-0.05, 0) is 63.3 Å². The maximum absolute atomic E-state index is 12.3. The van der Waals surface area contributed by atoms with Crippen LogP contribution in [0.3, 0.4) is 0 Å². The number of aliphatic carboxylic acids is 1. The highest BCUT2D eigenvalue weighted by Gasteiger charge is 2.31. The number of alkyl halides is 3. The minimum absolute atomic E-state index is 0.00866. The van der Waals surface area contributed by atoms with Gasteiger partial charge in [0.15, 0.2) is 6.10 Å². The number of ether oxygens (including phenoxy) is 4. The van der Waals surface area contributed by atoms with Gasteiger partial charge >= 0.3 is 12.3 Å². The lowest BCUT2D eigenvalue weighted by Crippen LogP contribution is -2.34. The van der Waals surface area contributed by atoms with Crippen molar-refractivity contribution in [3.05, 3.63) is 35.7 Å². The highest BCUT2D eigenvalue weighted by molar-refractivity contribution is 5.72. The molecule has 0 aliphatic heterocycles. The van der Waals surface area contributed by atoms with Gasteiger partial charge in [-0.15, -0.1) is 13.2 Å². The lowest BCUT2D eigenvalue weighted by atomic mass is 9.95. The predicted molar refractivity (Wildman–Crippen MR) is 118 cm³/mol. The number of nitrogens with zero attached hydrogens (tertiary/aromatic N) is 1. The summed E-state index contributed by atoms with van der Waals surface area (Å²) < 4.78 is 63.7. The van der Waals surface area contributed by atoms with E-state index in [-0.39, 0.29) is 37.1 Å². The monoisotopic (exact) mass is 501 g/mol. The molecule has 1 fully saturated rings. The average molecular weight is 501 g/mol. The van der Waals surface area contributed by atoms with Crippen molar-refractivity contribution in [2.45, 2.75) is 77.2 Å². The van der Waals surface area contributed by atoms with Crippen molar-refractivity contribution in [2.24, 2.45) is 0 Å². The Hall–Kier alpha value is -2.63. The molecule has 0 spiro atoms. The number of hydrogen-bond acceptors (Lipinski definition) is 7. The molecule has 8 nitrogen and oxygen atoms in total. The molecule has 2 aromatic rings. The van der Waals surface area contributed by atoms with Crippen LogP contribution in [0.15, 0.2) is 28.7 Å². The summed E-state index contributed by atoms with van der Waals surface area (Å²) in [6.07, 6.45) is -2.02. The fourth-order valence-electron chi connectivity index (χ4n) is 3.76. The Kier molecular flexibility index (Phi) is 9.53. The number of carboxylic acids is 1. The van der Waals surface area contributed by atoms with Crippen LogP contribution in [0.5, 0.6) is 5.75 Å². The van der Waals surface area contributed by atoms with Gasteiger partial charge in [-0.3, -0.25) is 0 Å². The first-order valence-electron chi connectivity index (χ1n) is 11.5. The Morgan fingerprint density at radius 3 is 2.51 bits per heavy atom. The molecule has 3 unspecified atom stereocenters. The SMILES string of the molecule is CCCOC(COC1CCCC(OCc2nc(-c3ccc(OC(F)(F)F)cc3)oc2C)C1)C(=O)O. The van der Waals surface area contributed by atoms with Gasteiger partial charge in [0.25, 0.3) is 0 Å². The number of carbonyl (C=O) groups is 1. The molecular formula is C24H30F3NO7. The molecule has 1 N–H and O–H groups in total. The van der Waals surface area contributed by atoms with E-state index < -0.39 is 18.4 Å². The molecule has 0 amide bonds. The normalized spacial score (nSPS) is 19.5. The van der Waals surface area contributed by atoms with Gasteiger partial charge in [-0.2, -0.15) is 0 Å². The third kappa shape index (κ3) is 8.52. The summed E-state index contributed by atoms with van der Waals surface area (Å²) >= 11 is 0. The van der Waals surface area contributed by atoms with Crippen LogP contribution in [-0.4, -0.2) is 53.9 Å². The summed E-state index contributed by atoms with van der Waals surface area (Å²) in [5.41, 5.74) is 1.11. The third-order valence-corrected chi connectivity index (χ3v) is 5.54. The van der Waals surface area contributed by atoms with Gasteiger partial charge in [-0.1, -0.05) is 6.92 Å². The second kappa shape index (κ2) is 12.4. The van der Waals surface area contributed by atoms with Gasteiger partial charge < -0.3 is 28.5 Å². The van der Waals surface area contributed by atoms with E-state index in [1.807, 2.05) is 6.92 Å². The van der Waals surface area contributed by atoms with Crippen LogP contribution in [0.1, 0.15) is 50.5 Å². The zero-order valence-corrected chi connectivity index (χ0v) is 19.7. The summed E-state index contributed by atoms with van der Waals surface area (Å²) in [5, 5.41) is 9.26. The van der Waals surface area contributed by atoms with Crippen molar-refractivity contribution in [1.29, 1.82) is 0 Å². The highest BCUT2D eigenvalue weighted by Crippen LogP contribution is 2.29. The first kappa shape index (κ1) is 27.0. The van der Waals surface area contributed by atoms with Crippen molar-refractivity contribution < 1.29 is 46.4 Å². The largest absolute Gasteiger partial charge is 0.573 e. The molecule has 0 radical (unpaired) electrons. The number of oxazole rings is 1. The Morgan fingerprint density at radius 1 is 1.20 bits per heavy atom. The van der Waals surface area contributed by atoms with Crippen LogP contribution >= 0.6 is 0 Å². The van der Waals surface area contributed by atoms with E-state index in [0.29, 0.717) is 30.0 Å². The van der Waals surface area contributed by atoms with E-state index in [9.17, 15) is 23.1 Å². The topological polar surface area (TPSA) is 100 Å². The molecule has 3 atom stereocenters. The summed E-state index contributed by atoms with van der Waals surface area (Å²) in [7, 11) is 0. The first-order chi connectivity index (χ1) is 16.6. The smallest absolute Gasteiger partial charge is 0.479 e. The minimum Gasteiger partial charge on any atom is -0.479 e.